The second-order valence-electron chi connectivity index (χ2n) is 4.84. The molecule has 0 N–H and O–H groups in total. The average molecular weight is 237 g/mol. The van der Waals surface area contributed by atoms with Crippen molar-refractivity contribution in [2.24, 2.45) is 5.92 Å². The highest BCUT2D eigenvalue weighted by Gasteiger charge is 2.09. The number of aromatic nitrogens is 2. The summed E-state index contributed by atoms with van der Waals surface area (Å²) in [5.74, 6) is 2.04. The molecule has 0 amide bonds. The van der Waals surface area contributed by atoms with E-state index in [0.717, 1.165) is 30.4 Å². The van der Waals surface area contributed by atoms with Crippen molar-refractivity contribution in [3.63, 3.8) is 0 Å². The first-order valence-electron chi connectivity index (χ1n) is 6.20. The van der Waals surface area contributed by atoms with Crippen molar-refractivity contribution in [3.05, 3.63) is 18.3 Å². The van der Waals surface area contributed by atoms with Crippen LogP contribution >= 0.6 is 0 Å². The van der Waals surface area contributed by atoms with Crippen molar-refractivity contribution in [1.82, 2.24) is 15.0 Å². The van der Waals surface area contributed by atoms with Crippen LogP contribution in [0.2, 0.25) is 0 Å². The fourth-order valence-electron chi connectivity index (χ4n) is 1.46. The second kappa shape index (κ2) is 6.55. The van der Waals surface area contributed by atoms with Crippen LogP contribution in [0.4, 0.5) is 0 Å². The smallest absolute Gasteiger partial charge is 0.253 e. The lowest BCUT2D eigenvalue weighted by Crippen LogP contribution is -2.21. The molecular weight excluding hydrogens is 214 g/mol. The number of hydrogen-bond donors (Lipinski definition) is 0. The molecule has 1 unspecified atom stereocenters. The van der Waals surface area contributed by atoms with E-state index in [1.807, 2.05) is 6.92 Å². The van der Waals surface area contributed by atoms with E-state index in [1.54, 1.807) is 0 Å². The van der Waals surface area contributed by atoms with E-state index < -0.39 is 0 Å². The molecule has 1 rings (SSSR count). The van der Waals surface area contributed by atoms with E-state index >= 15 is 0 Å². The monoisotopic (exact) mass is 237 g/mol. The molecule has 0 saturated heterocycles. The summed E-state index contributed by atoms with van der Waals surface area (Å²) in [7, 11) is 2.08. The summed E-state index contributed by atoms with van der Waals surface area (Å²) in [5, 5.41) is 3.94. The zero-order valence-electron chi connectivity index (χ0n) is 11.4. The van der Waals surface area contributed by atoms with Crippen LogP contribution in [0, 0.1) is 5.92 Å². The van der Waals surface area contributed by atoms with Crippen molar-refractivity contribution in [3.8, 4) is 0 Å². The lowest BCUT2D eigenvalue weighted by atomic mass is 10.1. The van der Waals surface area contributed by atoms with Crippen molar-refractivity contribution in [1.29, 1.82) is 0 Å². The minimum Gasteiger partial charge on any atom is -0.334 e. The van der Waals surface area contributed by atoms with Gasteiger partial charge in [0.1, 0.15) is 0 Å². The summed E-state index contributed by atoms with van der Waals surface area (Å²) in [6, 6.07) is 0. The summed E-state index contributed by atoms with van der Waals surface area (Å²) in [4.78, 5) is 6.50. The van der Waals surface area contributed by atoms with E-state index in [-0.39, 0.29) is 0 Å². The van der Waals surface area contributed by atoms with Crippen LogP contribution in [0.5, 0.6) is 0 Å². The Hall–Kier alpha value is -1.16. The Labute approximate surface area is 104 Å². The van der Waals surface area contributed by atoms with Gasteiger partial charge in [-0.15, -0.1) is 0 Å². The third-order valence-electron chi connectivity index (χ3n) is 2.95. The van der Waals surface area contributed by atoms with Gasteiger partial charge in [-0.25, -0.2) is 0 Å². The molecule has 0 fully saturated rings. The molecule has 17 heavy (non-hydrogen) atoms. The molecule has 96 valence electrons. The Kier molecular flexibility index (Phi) is 5.35. The van der Waals surface area contributed by atoms with Crippen molar-refractivity contribution >= 4 is 5.57 Å². The number of nitrogens with zero attached hydrogens (tertiary/aromatic N) is 3. The molecule has 0 bridgehead atoms. The van der Waals surface area contributed by atoms with E-state index in [9.17, 15) is 0 Å². The molecule has 0 saturated carbocycles. The molecule has 1 atom stereocenters. The molecule has 4 heteroatoms. The summed E-state index contributed by atoms with van der Waals surface area (Å²) in [6.07, 6.45) is 2.44. The Morgan fingerprint density at radius 3 is 2.76 bits per heavy atom. The van der Waals surface area contributed by atoms with Crippen LogP contribution in [-0.2, 0) is 6.54 Å². The number of allylic oxidation sites excluding steroid dienone is 1. The fourth-order valence-corrected chi connectivity index (χ4v) is 1.46. The van der Waals surface area contributed by atoms with Crippen LogP contribution < -0.4 is 0 Å². The Bertz CT molecular complexity index is 359. The molecule has 0 spiro atoms. The molecule has 1 aromatic heterocycles. The van der Waals surface area contributed by atoms with Gasteiger partial charge in [-0.1, -0.05) is 32.0 Å². The maximum absolute atomic E-state index is 5.09. The zero-order chi connectivity index (χ0) is 12.8. The quantitative estimate of drug-likeness (QED) is 0.731. The molecule has 0 radical (unpaired) electrons. The maximum Gasteiger partial charge on any atom is 0.253 e. The first-order chi connectivity index (χ1) is 8.02. The van der Waals surface area contributed by atoms with Gasteiger partial charge in [0.05, 0.1) is 6.54 Å². The predicted molar refractivity (Wildman–Crippen MR) is 69.4 cm³/mol. The highest BCUT2D eigenvalue weighted by Crippen LogP contribution is 2.10. The summed E-state index contributed by atoms with van der Waals surface area (Å²) >= 11 is 0. The Morgan fingerprint density at radius 2 is 2.24 bits per heavy atom. The van der Waals surface area contributed by atoms with Crippen molar-refractivity contribution in [2.45, 2.75) is 40.2 Å². The highest BCUT2D eigenvalue weighted by molar-refractivity contribution is 5.52. The van der Waals surface area contributed by atoms with Gasteiger partial charge in [-0.3, -0.25) is 4.90 Å². The lowest BCUT2D eigenvalue weighted by Gasteiger charge is -2.16. The van der Waals surface area contributed by atoms with E-state index in [4.69, 9.17) is 4.52 Å². The molecule has 1 heterocycles. The molecule has 4 nitrogen and oxygen atoms in total. The van der Waals surface area contributed by atoms with E-state index in [2.05, 4.69) is 42.5 Å². The largest absolute Gasteiger partial charge is 0.334 e. The topological polar surface area (TPSA) is 42.2 Å². The highest BCUT2D eigenvalue weighted by atomic mass is 16.5. The zero-order valence-corrected chi connectivity index (χ0v) is 11.4. The van der Waals surface area contributed by atoms with Crippen molar-refractivity contribution < 1.29 is 4.52 Å². The fraction of sp³-hybridized carbons (Fsp3) is 0.692. The Morgan fingerprint density at radius 1 is 1.53 bits per heavy atom. The summed E-state index contributed by atoms with van der Waals surface area (Å²) in [5.41, 5.74) is 0.811. The minimum absolute atomic E-state index is 0.537. The van der Waals surface area contributed by atoms with Crippen LogP contribution in [0.1, 0.15) is 45.3 Å². The molecular formula is C13H23N3O. The van der Waals surface area contributed by atoms with E-state index in [0.29, 0.717) is 5.89 Å². The van der Waals surface area contributed by atoms with Crippen LogP contribution in [-0.4, -0.2) is 28.6 Å². The first kappa shape index (κ1) is 13.9. The lowest BCUT2D eigenvalue weighted by molar-refractivity contribution is 0.283. The van der Waals surface area contributed by atoms with Gasteiger partial charge in [0.15, 0.2) is 5.82 Å². The van der Waals surface area contributed by atoms with Gasteiger partial charge in [0.2, 0.25) is 0 Å². The van der Waals surface area contributed by atoms with Crippen LogP contribution in [0.3, 0.4) is 0 Å². The molecule has 0 aliphatic carbocycles. The van der Waals surface area contributed by atoms with Crippen LogP contribution in [0.15, 0.2) is 11.1 Å². The number of hydrogen-bond acceptors (Lipinski definition) is 4. The first-order valence-corrected chi connectivity index (χ1v) is 6.20. The maximum atomic E-state index is 5.09. The van der Waals surface area contributed by atoms with Gasteiger partial charge in [0.25, 0.3) is 5.89 Å². The Balaban J connectivity index is 2.39. The third-order valence-corrected chi connectivity index (χ3v) is 2.95. The van der Waals surface area contributed by atoms with Gasteiger partial charge >= 0.3 is 0 Å². The van der Waals surface area contributed by atoms with E-state index in [1.165, 1.54) is 12.8 Å². The van der Waals surface area contributed by atoms with Gasteiger partial charge in [0, 0.05) is 5.57 Å². The van der Waals surface area contributed by atoms with Gasteiger partial charge in [-0.05, 0) is 32.9 Å². The van der Waals surface area contributed by atoms with Gasteiger partial charge < -0.3 is 4.52 Å². The predicted octanol–water partition coefficient (Wildman–Crippen LogP) is 2.97. The number of rotatable bonds is 7. The summed E-state index contributed by atoms with van der Waals surface area (Å²) < 4.78 is 5.09. The second-order valence-corrected chi connectivity index (χ2v) is 4.84. The molecule has 0 aromatic carbocycles. The third kappa shape index (κ3) is 4.69. The molecule has 1 aromatic rings. The molecule has 0 aliphatic heterocycles. The normalized spacial score (nSPS) is 13.0. The minimum atomic E-state index is 0.537. The SMILES string of the molecule is C=C(C)c1nc(CN(C)CCC(C)CC)no1. The summed E-state index contributed by atoms with van der Waals surface area (Å²) in [6.45, 7) is 11.9. The molecule has 0 aliphatic rings. The standard InChI is InChI=1S/C13H23N3O/c1-6-11(4)7-8-16(5)9-12-14-13(10(2)3)17-15-12/h11H,2,6-9H2,1,3-5H3. The van der Waals surface area contributed by atoms with Crippen LogP contribution in [0.25, 0.3) is 5.57 Å². The van der Waals surface area contributed by atoms with Gasteiger partial charge in [-0.2, -0.15) is 4.98 Å². The van der Waals surface area contributed by atoms with Crippen molar-refractivity contribution in [2.75, 3.05) is 13.6 Å². The average Bonchev–Trinajstić information content (AvgIpc) is 2.74.